The molecule has 2 aromatic rings. The molecule has 2 aromatic carbocycles. The zero-order valence-corrected chi connectivity index (χ0v) is 23.3. The van der Waals surface area contributed by atoms with Crippen molar-refractivity contribution >= 4 is 34.4 Å². The minimum atomic E-state index is -1.31. The molecule has 2 heterocycles. The minimum Gasteiger partial charge on any atom is -0.393 e. The molecule has 38 heavy (non-hydrogen) atoms. The van der Waals surface area contributed by atoms with Gasteiger partial charge in [0.25, 0.3) is 0 Å². The van der Waals surface area contributed by atoms with Crippen molar-refractivity contribution < 1.29 is 23.5 Å². The fourth-order valence-electron chi connectivity index (χ4n) is 6.52. The van der Waals surface area contributed by atoms with Crippen LogP contribution in [0.15, 0.2) is 41.3 Å². The number of rotatable bonds is 4. The molecule has 204 valence electrons. The van der Waals surface area contributed by atoms with Gasteiger partial charge in [-0.3, -0.25) is 9.59 Å². The maximum Gasteiger partial charge on any atom is 0.238 e. The predicted octanol–water partition coefficient (Wildman–Crippen LogP) is 5.47. The van der Waals surface area contributed by atoms with Gasteiger partial charge in [0.1, 0.15) is 0 Å². The number of halogens is 3. The van der Waals surface area contributed by atoms with Gasteiger partial charge in [-0.1, -0.05) is 62.3 Å². The molecule has 9 heteroatoms. The Balaban J connectivity index is 1.67. The number of fused-ring (bicyclic) bond motifs is 2. The van der Waals surface area contributed by atoms with E-state index < -0.39 is 35.1 Å². The van der Waals surface area contributed by atoms with E-state index in [2.05, 4.69) is 31.4 Å². The third kappa shape index (κ3) is 4.78. The molecule has 3 aliphatic rings. The predicted molar refractivity (Wildman–Crippen MR) is 144 cm³/mol. The maximum atomic E-state index is 15.6. The summed E-state index contributed by atoms with van der Waals surface area (Å²) >= 11 is 7.32. The van der Waals surface area contributed by atoms with Crippen molar-refractivity contribution in [1.82, 2.24) is 10.6 Å². The van der Waals surface area contributed by atoms with Crippen LogP contribution < -0.4 is 10.6 Å². The van der Waals surface area contributed by atoms with Crippen molar-refractivity contribution in [3.05, 3.63) is 64.2 Å². The highest BCUT2D eigenvalue weighted by molar-refractivity contribution is 8.14. The highest BCUT2D eigenvalue weighted by atomic mass is 35.5. The van der Waals surface area contributed by atoms with Gasteiger partial charge in [-0.2, -0.15) is 0 Å². The first-order chi connectivity index (χ1) is 17.9. The lowest BCUT2D eigenvalue weighted by atomic mass is 9.62. The van der Waals surface area contributed by atoms with E-state index in [4.69, 9.17) is 11.6 Å². The van der Waals surface area contributed by atoms with Crippen LogP contribution in [-0.4, -0.2) is 40.4 Å². The normalized spacial score (nSPS) is 31.0. The summed E-state index contributed by atoms with van der Waals surface area (Å²) in [6.07, 6.45) is 2.58. The molecular weight excluding hydrogens is 530 g/mol. The number of hydrogen-bond acceptors (Lipinski definition) is 5. The van der Waals surface area contributed by atoms with Crippen molar-refractivity contribution in [3.8, 4) is 0 Å². The van der Waals surface area contributed by atoms with E-state index in [-0.39, 0.29) is 34.1 Å². The Kier molecular flexibility index (Phi) is 7.39. The first kappa shape index (κ1) is 27.6. The summed E-state index contributed by atoms with van der Waals surface area (Å²) in [5.41, 5.74) is -0.855. The fourth-order valence-corrected chi connectivity index (χ4v) is 8.04. The average Bonchev–Trinajstić information content (AvgIpc) is 3.31. The molecule has 2 aliphatic heterocycles. The van der Waals surface area contributed by atoms with Crippen molar-refractivity contribution in [3.63, 3.8) is 0 Å². The van der Waals surface area contributed by atoms with E-state index in [0.717, 1.165) is 17.8 Å². The average molecular weight is 563 g/mol. The second kappa shape index (κ2) is 10.2. The van der Waals surface area contributed by atoms with Gasteiger partial charge in [0.05, 0.1) is 17.6 Å². The Labute approximate surface area is 231 Å². The van der Waals surface area contributed by atoms with Crippen molar-refractivity contribution in [2.75, 3.05) is 0 Å². The Morgan fingerprint density at radius 1 is 1.18 bits per heavy atom. The first-order valence-corrected chi connectivity index (χ1v) is 14.3. The van der Waals surface area contributed by atoms with E-state index in [9.17, 15) is 19.1 Å². The van der Waals surface area contributed by atoms with E-state index in [0.29, 0.717) is 47.6 Å². The number of aliphatic hydroxyl groups excluding tert-OH is 1. The van der Waals surface area contributed by atoms with Gasteiger partial charge in [-0.15, -0.1) is 0 Å². The highest BCUT2D eigenvalue weighted by Gasteiger charge is 2.66. The van der Waals surface area contributed by atoms with Crippen LogP contribution in [-0.2, 0) is 15.0 Å². The number of benzene rings is 2. The molecule has 2 fully saturated rings. The largest absolute Gasteiger partial charge is 0.393 e. The molecule has 0 aromatic heterocycles. The van der Waals surface area contributed by atoms with Crippen LogP contribution in [0.4, 0.5) is 8.78 Å². The van der Waals surface area contributed by atoms with Gasteiger partial charge in [-0.25, -0.2) is 8.78 Å². The summed E-state index contributed by atoms with van der Waals surface area (Å²) in [6.45, 7) is 6.16. The smallest absolute Gasteiger partial charge is 0.238 e. The van der Waals surface area contributed by atoms with Crippen LogP contribution in [0, 0.1) is 17.0 Å². The van der Waals surface area contributed by atoms with Crippen molar-refractivity contribution in [2.24, 2.45) is 5.41 Å². The van der Waals surface area contributed by atoms with Crippen molar-refractivity contribution in [1.29, 1.82) is 0 Å². The number of hydrogen-bond donors (Lipinski definition) is 3. The second-order valence-electron chi connectivity index (χ2n) is 12.0. The van der Waals surface area contributed by atoms with E-state index in [1.165, 1.54) is 12.1 Å². The third-order valence-corrected chi connectivity index (χ3v) is 9.46. The summed E-state index contributed by atoms with van der Waals surface area (Å²) < 4.78 is 30.2. The lowest BCUT2D eigenvalue weighted by Gasteiger charge is -2.38. The van der Waals surface area contributed by atoms with Crippen LogP contribution in [0.3, 0.4) is 0 Å². The van der Waals surface area contributed by atoms with Crippen LogP contribution >= 0.6 is 23.4 Å². The minimum absolute atomic E-state index is 0.00451. The Morgan fingerprint density at radius 3 is 2.58 bits per heavy atom. The Morgan fingerprint density at radius 2 is 1.89 bits per heavy atom. The molecule has 5 nitrogen and oxygen atoms in total. The monoisotopic (exact) mass is 562 g/mol. The number of carbonyl (C=O) groups is 2. The zero-order valence-electron chi connectivity index (χ0n) is 21.7. The summed E-state index contributed by atoms with van der Waals surface area (Å²) in [4.78, 5) is 28.7. The fraction of sp³-hybridized carbons (Fsp3) is 0.517. The molecule has 4 atom stereocenters. The lowest BCUT2D eigenvalue weighted by Crippen LogP contribution is -2.49. The topological polar surface area (TPSA) is 78.4 Å². The van der Waals surface area contributed by atoms with Crippen LogP contribution in [0.2, 0.25) is 5.02 Å². The molecule has 5 rings (SSSR count). The summed E-state index contributed by atoms with van der Waals surface area (Å²) in [7, 11) is 0. The van der Waals surface area contributed by atoms with E-state index in [1.807, 2.05) is 0 Å². The van der Waals surface area contributed by atoms with Crippen molar-refractivity contribution in [2.45, 2.75) is 93.3 Å². The highest BCUT2D eigenvalue weighted by Crippen LogP contribution is 2.60. The Bertz CT molecular complexity index is 1260. The molecule has 0 radical (unpaired) electrons. The molecule has 1 amide bonds. The van der Waals surface area contributed by atoms with Gasteiger partial charge in [0, 0.05) is 27.9 Å². The van der Waals surface area contributed by atoms with E-state index >= 15 is 4.39 Å². The number of nitrogens with one attached hydrogen (secondary N) is 2. The van der Waals surface area contributed by atoms with Crippen LogP contribution in [0.5, 0.6) is 0 Å². The first-order valence-electron chi connectivity index (χ1n) is 13.1. The quantitative estimate of drug-likeness (QED) is 0.461. The molecule has 1 saturated carbocycles. The molecule has 1 aliphatic carbocycles. The van der Waals surface area contributed by atoms with Gasteiger partial charge in [0.2, 0.25) is 11.0 Å². The van der Waals surface area contributed by atoms with Gasteiger partial charge in [-0.05, 0) is 66.8 Å². The molecular formula is C29H33ClF2N2O3S. The number of amides is 1. The standard InChI is InChI=1S/C29H33ClF2N2O3S/c1-28(2,3)14-22-29(19-12-7-15(30)13-21(19)38-27(29)37)23(18-5-4-6-20(31)24(18)32)25(34-22)26(36)33-16-8-10-17(35)11-9-16/h4-7,12-13,16-17,22-23,25,34-35H,8-11,14H2,1-3H3,(H,33,36)/t16?,17?,22-,23+,25-,29+/m1/s1. The summed E-state index contributed by atoms with van der Waals surface area (Å²) in [5, 5.41) is 16.7. The van der Waals surface area contributed by atoms with Crippen LogP contribution in [0.1, 0.15) is 69.9 Å². The summed E-state index contributed by atoms with van der Waals surface area (Å²) in [5.74, 6) is -3.40. The Hall–Kier alpha value is -2.00. The molecule has 1 saturated heterocycles. The SMILES string of the molecule is CC(C)(C)C[C@H]1N[C@@H](C(=O)NC2CCC(O)CC2)[C@H](c2cccc(F)c2F)[C@@]12C(=O)Sc1cc(Cl)ccc12. The summed E-state index contributed by atoms with van der Waals surface area (Å²) in [6, 6.07) is 7.54. The lowest BCUT2D eigenvalue weighted by molar-refractivity contribution is -0.124. The van der Waals surface area contributed by atoms with Crippen LogP contribution in [0.25, 0.3) is 0 Å². The van der Waals surface area contributed by atoms with Gasteiger partial charge >= 0.3 is 0 Å². The van der Waals surface area contributed by atoms with Gasteiger partial charge in [0.15, 0.2) is 11.6 Å². The molecule has 1 spiro atoms. The molecule has 3 N–H and O–H groups in total. The number of thioether (sulfide) groups is 1. The maximum absolute atomic E-state index is 15.6. The van der Waals surface area contributed by atoms with Gasteiger partial charge < -0.3 is 15.7 Å². The number of carbonyl (C=O) groups excluding carboxylic acids is 2. The van der Waals surface area contributed by atoms with E-state index in [1.54, 1.807) is 18.2 Å². The molecule has 0 bridgehead atoms. The third-order valence-electron chi connectivity index (χ3n) is 8.14. The zero-order chi connectivity index (χ0) is 27.4. The second-order valence-corrected chi connectivity index (χ2v) is 13.4. The molecule has 0 unspecified atom stereocenters. The number of aliphatic hydroxyl groups is 1.